The minimum Gasteiger partial charge on any atom is -0.464 e. The van der Waals surface area contributed by atoms with Crippen LogP contribution in [0.1, 0.15) is 27.6 Å². The molecule has 1 fully saturated rings. The van der Waals surface area contributed by atoms with E-state index in [1.807, 2.05) is 19.1 Å². The number of hydrogen-bond donors (Lipinski definition) is 0. The van der Waals surface area contributed by atoms with E-state index in [-0.39, 0.29) is 24.0 Å². The van der Waals surface area contributed by atoms with Gasteiger partial charge in [0.2, 0.25) is 0 Å². The summed E-state index contributed by atoms with van der Waals surface area (Å²) in [5, 5.41) is 1.43. The van der Waals surface area contributed by atoms with E-state index >= 15 is 0 Å². The van der Waals surface area contributed by atoms with Crippen LogP contribution in [0.5, 0.6) is 0 Å². The number of carbonyl (C=O) groups excluding carboxylic acids is 1. The maximum absolute atomic E-state index is 13.4. The van der Waals surface area contributed by atoms with E-state index in [0.717, 1.165) is 10.5 Å². The molecule has 3 heterocycles. The summed E-state index contributed by atoms with van der Waals surface area (Å²) in [7, 11) is -3.16. The lowest BCUT2D eigenvalue weighted by atomic mass is 10.2. The van der Waals surface area contributed by atoms with Crippen molar-refractivity contribution in [3.05, 3.63) is 56.8 Å². The highest BCUT2D eigenvalue weighted by Gasteiger charge is 2.37. The molecule has 0 N–H and O–H groups in total. The number of carbonyl (C=O) groups is 1. The Morgan fingerprint density at radius 3 is 2.68 bits per heavy atom. The van der Waals surface area contributed by atoms with Gasteiger partial charge in [0, 0.05) is 16.1 Å². The number of aryl methyl sites for hydroxylation is 1. The highest BCUT2D eigenvalue weighted by Crippen LogP contribution is 2.40. The number of thiophene rings is 1. The first-order valence-corrected chi connectivity index (χ1v) is 12.1. The molecule has 0 unspecified atom stereocenters. The van der Waals surface area contributed by atoms with Crippen molar-refractivity contribution in [2.75, 3.05) is 11.5 Å². The Hall–Kier alpha value is -1.54. The molecule has 0 saturated carbocycles. The number of fused-ring (bicyclic) bond motifs is 1. The first-order valence-electron chi connectivity index (χ1n) is 8.68. The van der Waals surface area contributed by atoms with E-state index < -0.39 is 15.9 Å². The number of sulfone groups is 1. The van der Waals surface area contributed by atoms with Gasteiger partial charge >= 0.3 is 0 Å². The van der Waals surface area contributed by atoms with Crippen LogP contribution in [-0.4, -0.2) is 36.8 Å². The third-order valence-electron chi connectivity index (χ3n) is 4.83. The van der Waals surface area contributed by atoms with Gasteiger partial charge in [-0.1, -0.05) is 29.3 Å². The van der Waals surface area contributed by atoms with Crippen LogP contribution >= 0.6 is 34.5 Å². The molecule has 0 radical (unpaired) electrons. The van der Waals surface area contributed by atoms with Gasteiger partial charge in [-0.15, -0.1) is 11.3 Å². The van der Waals surface area contributed by atoms with Gasteiger partial charge in [-0.05, 0) is 37.6 Å². The Bertz CT molecular complexity index is 1170. The molecule has 5 nitrogen and oxygen atoms in total. The van der Waals surface area contributed by atoms with Crippen LogP contribution in [-0.2, 0) is 16.4 Å². The zero-order valence-corrected chi connectivity index (χ0v) is 18.1. The summed E-state index contributed by atoms with van der Waals surface area (Å²) >= 11 is 14.0. The summed E-state index contributed by atoms with van der Waals surface area (Å²) in [6.45, 7) is 2.01. The van der Waals surface area contributed by atoms with E-state index in [0.29, 0.717) is 32.5 Å². The van der Waals surface area contributed by atoms with Crippen LogP contribution in [0.15, 0.2) is 34.7 Å². The number of amides is 1. The number of furan rings is 1. The lowest BCUT2D eigenvalue weighted by Crippen LogP contribution is -2.40. The fourth-order valence-corrected chi connectivity index (χ4v) is 7.10. The minimum atomic E-state index is -3.16. The largest absolute Gasteiger partial charge is 0.464 e. The lowest BCUT2D eigenvalue weighted by molar-refractivity contribution is 0.0671. The minimum absolute atomic E-state index is 0.0539. The van der Waals surface area contributed by atoms with Gasteiger partial charge in [-0.3, -0.25) is 4.79 Å². The van der Waals surface area contributed by atoms with Crippen molar-refractivity contribution in [2.45, 2.75) is 25.9 Å². The van der Waals surface area contributed by atoms with Crippen molar-refractivity contribution in [2.24, 2.45) is 0 Å². The summed E-state index contributed by atoms with van der Waals surface area (Å²) in [6.07, 6.45) is 0.400. The maximum atomic E-state index is 13.4. The number of halogens is 2. The molecule has 1 amide bonds. The maximum Gasteiger partial charge on any atom is 0.266 e. The monoisotopic (exact) mass is 457 g/mol. The Balaban J connectivity index is 1.74. The molecule has 1 aliphatic rings. The molecule has 1 saturated heterocycles. The number of benzene rings is 1. The Labute approximate surface area is 176 Å². The van der Waals surface area contributed by atoms with Crippen LogP contribution < -0.4 is 0 Å². The smallest absolute Gasteiger partial charge is 0.266 e. The first kappa shape index (κ1) is 19.8. The second-order valence-corrected chi connectivity index (χ2v) is 10.9. The summed E-state index contributed by atoms with van der Waals surface area (Å²) in [5.41, 5.74) is 0. The lowest BCUT2D eigenvalue weighted by Gasteiger charge is -2.27. The second kappa shape index (κ2) is 7.37. The van der Waals surface area contributed by atoms with Gasteiger partial charge in [0.25, 0.3) is 5.91 Å². The Morgan fingerprint density at radius 2 is 2.07 bits per heavy atom. The van der Waals surface area contributed by atoms with Gasteiger partial charge < -0.3 is 9.32 Å². The van der Waals surface area contributed by atoms with Gasteiger partial charge in [0.1, 0.15) is 16.4 Å². The fourth-order valence-electron chi connectivity index (χ4n) is 3.46. The number of nitrogens with zero attached hydrogens (tertiary/aromatic N) is 1. The highest BCUT2D eigenvalue weighted by molar-refractivity contribution is 7.91. The SMILES string of the molecule is Cc1ccc(CN(C(=O)c2sc3cccc(Cl)c3c2Cl)[C@@H]2CCS(=O)(=O)C2)o1. The van der Waals surface area contributed by atoms with Crippen LogP contribution in [0, 0.1) is 6.92 Å². The van der Waals surface area contributed by atoms with Crippen molar-refractivity contribution in [3.8, 4) is 0 Å². The first-order chi connectivity index (χ1) is 13.2. The Kier molecular flexibility index (Phi) is 5.20. The third-order valence-corrected chi connectivity index (χ3v) is 8.53. The van der Waals surface area contributed by atoms with E-state index in [2.05, 4.69) is 0 Å². The molecule has 0 bridgehead atoms. The van der Waals surface area contributed by atoms with E-state index in [9.17, 15) is 13.2 Å². The number of hydrogen-bond acceptors (Lipinski definition) is 5. The molecule has 0 aliphatic carbocycles. The summed E-state index contributed by atoms with van der Waals surface area (Å²) in [4.78, 5) is 15.3. The fraction of sp³-hybridized carbons (Fsp3) is 0.316. The zero-order chi connectivity index (χ0) is 20.1. The van der Waals surface area contributed by atoms with Crippen LogP contribution in [0.3, 0.4) is 0 Å². The van der Waals surface area contributed by atoms with Crippen LogP contribution in [0.25, 0.3) is 10.1 Å². The second-order valence-electron chi connectivity index (χ2n) is 6.86. The topological polar surface area (TPSA) is 67.6 Å². The van der Waals surface area contributed by atoms with Crippen molar-refractivity contribution < 1.29 is 17.6 Å². The molecule has 1 aromatic carbocycles. The zero-order valence-electron chi connectivity index (χ0n) is 14.9. The molecular weight excluding hydrogens is 441 g/mol. The van der Waals surface area contributed by atoms with E-state index in [1.165, 1.54) is 11.3 Å². The van der Waals surface area contributed by atoms with Crippen LogP contribution in [0.2, 0.25) is 10.0 Å². The molecule has 9 heteroatoms. The van der Waals surface area contributed by atoms with Crippen molar-refractivity contribution in [1.82, 2.24) is 4.90 Å². The van der Waals surface area contributed by atoms with E-state index in [4.69, 9.17) is 27.6 Å². The van der Waals surface area contributed by atoms with Gasteiger partial charge in [-0.25, -0.2) is 8.42 Å². The van der Waals surface area contributed by atoms with Crippen molar-refractivity contribution in [1.29, 1.82) is 0 Å². The van der Waals surface area contributed by atoms with Gasteiger partial charge in [0.15, 0.2) is 9.84 Å². The summed E-state index contributed by atoms with van der Waals surface area (Å²) < 4.78 is 30.5. The predicted octanol–water partition coefficient (Wildman–Crippen LogP) is 4.94. The van der Waals surface area contributed by atoms with E-state index in [1.54, 1.807) is 23.1 Å². The third kappa shape index (κ3) is 3.68. The molecule has 28 heavy (non-hydrogen) atoms. The quantitative estimate of drug-likeness (QED) is 0.556. The van der Waals surface area contributed by atoms with Gasteiger partial charge in [-0.2, -0.15) is 0 Å². The standard InChI is InChI=1S/C19H17Cl2NO4S2/c1-11-5-6-13(26-11)9-22(12-7-8-28(24,25)10-12)19(23)18-17(21)16-14(20)3-2-4-15(16)27-18/h2-6,12H,7-10H2,1H3/t12-/m1/s1. The van der Waals surface area contributed by atoms with Gasteiger partial charge in [0.05, 0.1) is 28.1 Å². The normalized spacial score (nSPS) is 18.6. The Morgan fingerprint density at radius 1 is 1.29 bits per heavy atom. The summed E-state index contributed by atoms with van der Waals surface area (Å²) in [5.74, 6) is 1.05. The molecule has 1 aliphatic heterocycles. The number of rotatable bonds is 4. The average Bonchev–Trinajstić information content (AvgIpc) is 3.30. The molecule has 0 spiro atoms. The van der Waals surface area contributed by atoms with Crippen LogP contribution in [0.4, 0.5) is 0 Å². The molecule has 1 atom stereocenters. The molecular formula is C19H17Cl2NO4S2. The molecule has 3 aromatic rings. The molecule has 4 rings (SSSR count). The molecule has 148 valence electrons. The molecule has 2 aromatic heterocycles. The van der Waals surface area contributed by atoms with Crippen molar-refractivity contribution >= 4 is 60.4 Å². The highest BCUT2D eigenvalue weighted by atomic mass is 35.5. The predicted molar refractivity (Wildman–Crippen MR) is 112 cm³/mol. The van der Waals surface area contributed by atoms with Crippen molar-refractivity contribution in [3.63, 3.8) is 0 Å². The average molecular weight is 458 g/mol. The summed E-state index contributed by atoms with van der Waals surface area (Å²) in [6, 6.07) is 8.58.